The van der Waals surface area contributed by atoms with Crippen molar-refractivity contribution in [2.45, 2.75) is 18.9 Å². The van der Waals surface area contributed by atoms with Gasteiger partial charge in [0.1, 0.15) is 15.9 Å². The van der Waals surface area contributed by atoms with E-state index in [1.165, 1.54) is 22.4 Å². The van der Waals surface area contributed by atoms with Gasteiger partial charge in [0, 0.05) is 24.5 Å². The van der Waals surface area contributed by atoms with Gasteiger partial charge in [0.2, 0.25) is 0 Å². The Bertz CT molecular complexity index is 671. The number of carbonyl (C=O) groups excluding carboxylic acids is 1. The first-order valence-electron chi connectivity index (χ1n) is 6.57. The minimum Gasteiger partial charge on any atom is -0.480 e. The van der Waals surface area contributed by atoms with Gasteiger partial charge in [0.15, 0.2) is 0 Å². The normalized spacial score (nSPS) is 17.9. The van der Waals surface area contributed by atoms with E-state index in [9.17, 15) is 9.59 Å². The van der Waals surface area contributed by atoms with Crippen molar-refractivity contribution in [1.29, 1.82) is 0 Å². The molecule has 21 heavy (non-hydrogen) atoms. The molecule has 1 atom stereocenters. The van der Waals surface area contributed by atoms with Gasteiger partial charge in [-0.25, -0.2) is 9.78 Å². The highest BCUT2D eigenvalue weighted by Gasteiger charge is 2.35. The summed E-state index contributed by atoms with van der Waals surface area (Å²) in [6, 6.07) is 2.93. The van der Waals surface area contributed by atoms with E-state index in [4.69, 9.17) is 5.11 Å². The van der Waals surface area contributed by atoms with Crippen LogP contribution in [-0.2, 0) is 4.79 Å². The van der Waals surface area contributed by atoms with Crippen molar-refractivity contribution in [1.82, 2.24) is 14.9 Å². The van der Waals surface area contributed by atoms with Gasteiger partial charge in [-0.1, -0.05) is 0 Å². The smallest absolute Gasteiger partial charge is 0.326 e. The lowest BCUT2D eigenvalue weighted by Gasteiger charge is -2.20. The Labute approximate surface area is 125 Å². The Kier molecular flexibility index (Phi) is 3.66. The molecule has 1 amide bonds. The second-order valence-electron chi connectivity index (χ2n) is 4.76. The second-order valence-corrected chi connectivity index (χ2v) is 5.79. The quantitative estimate of drug-likeness (QED) is 0.936. The predicted molar refractivity (Wildman–Crippen MR) is 77.0 cm³/mol. The molecule has 0 unspecified atom stereocenters. The van der Waals surface area contributed by atoms with E-state index in [1.54, 1.807) is 12.4 Å². The van der Waals surface area contributed by atoms with Gasteiger partial charge in [0.25, 0.3) is 5.91 Å². The molecule has 0 bridgehead atoms. The molecule has 2 aromatic heterocycles. The van der Waals surface area contributed by atoms with Crippen molar-refractivity contribution in [2.75, 3.05) is 6.54 Å². The van der Waals surface area contributed by atoms with Crippen LogP contribution in [0.4, 0.5) is 0 Å². The Morgan fingerprint density at radius 2 is 2.10 bits per heavy atom. The third-order valence-corrected chi connectivity index (χ3v) is 4.48. The van der Waals surface area contributed by atoms with Gasteiger partial charge in [-0.15, -0.1) is 11.3 Å². The topological polar surface area (TPSA) is 83.4 Å². The molecule has 1 saturated heterocycles. The van der Waals surface area contributed by atoms with E-state index in [-0.39, 0.29) is 5.91 Å². The summed E-state index contributed by atoms with van der Waals surface area (Å²) in [6.45, 7) is 0.484. The maximum absolute atomic E-state index is 12.4. The minimum atomic E-state index is -0.945. The van der Waals surface area contributed by atoms with Crippen LogP contribution >= 0.6 is 11.3 Å². The highest BCUT2D eigenvalue weighted by molar-refractivity contribution is 7.16. The van der Waals surface area contributed by atoms with Crippen molar-refractivity contribution in [2.24, 2.45) is 0 Å². The van der Waals surface area contributed by atoms with Gasteiger partial charge in [-0.2, -0.15) is 0 Å². The largest absolute Gasteiger partial charge is 0.480 e. The van der Waals surface area contributed by atoms with Gasteiger partial charge in [0.05, 0.1) is 6.20 Å². The lowest BCUT2D eigenvalue weighted by molar-refractivity contribution is -0.141. The first-order chi connectivity index (χ1) is 10.2. The molecule has 2 aromatic rings. The van der Waals surface area contributed by atoms with Gasteiger partial charge >= 0.3 is 5.97 Å². The number of amides is 1. The fourth-order valence-electron chi connectivity index (χ4n) is 2.41. The van der Waals surface area contributed by atoms with Gasteiger partial charge < -0.3 is 10.0 Å². The Morgan fingerprint density at radius 1 is 1.33 bits per heavy atom. The molecule has 1 aliphatic heterocycles. The first kappa shape index (κ1) is 13.7. The van der Waals surface area contributed by atoms with E-state index in [1.807, 2.05) is 12.1 Å². The zero-order chi connectivity index (χ0) is 14.8. The predicted octanol–water partition coefficient (Wildman–Crippen LogP) is 1.89. The second kappa shape index (κ2) is 5.61. The molecule has 0 radical (unpaired) electrons. The number of hydrogen-bond acceptors (Lipinski definition) is 5. The molecular weight excluding hydrogens is 290 g/mol. The molecule has 0 aliphatic carbocycles. The molecule has 6 nitrogen and oxygen atoms in total. The molecule has 0 saturated carbocycles. The third kappa shape index (κ3) is 2.64. The van der Waals surface area contributed by atoms with E-state index >= 15 is 0 Å². The minimum absolute atomic E-state index is 0.252. The summed E-state index contributed by atoms with van der Waals surface area (Å²) in [4.78, 5) is 33.7. The van der Waals surface area contributed by atoms with Crippen LogP contribution < -0.4 is 0 Å². The maximum atomic E-state index is 12.4. The summed E-state index contributed by atoms with van der Waals surface area (Å²) in [6.07, 6.45) is 6.08. The average Bonchev–Trinajstić information content (AvgIpc) is 3.17. The number of pyridine rings is 1. The summed E-state index contributed by atoms with van der Waals surface area (Å²) in [5.41, 5.74) is 0.894. The molecule has 0 spiro atoms. The number of rotatable bonds is 3. The maximum Gasteiger partial charge on any atom is 0.326 e. The number of thiazole rings is 1. The fraction of sp³-hybridized carbons (Fsp3) is 0.286. The SMILES string of the molecule is O=C(O)[C@@H]1CCCN1C(=O)c1cnc(-c2ccncc2)s1. The number of nitrogens with zero attached hydrogens (tertiary/aromatic N) is 3. The highest BCUT2D eigenvalue weighted by Crippen LogP contribution is 2.27. The van der Waals surface area contributed by atoms with Crippen molar-refractivity contribution in [3.05, 3.63) is 35.6 Å². The number of aromatic nitrogens is 2. The van der Waals surface area contributed by atoms with E-state index in [0.717, 1.165) is 17.0 Å². The zero-order valence-electron chi connectivity index (χ0n) is 11.1. The van der Waals surface area contributed by atoms with E-state index in [2.05, 4.69) is 9.97 Å². The molecule has 1 N–H and O–H groups in total. The standard InChI is InChI=1S/C14H13N3O3S/c18-13(17-7-1-2-10(17)14(19)20)11-8-16-12(21-11)9-3-5-15-6-4-9/h3-6,8,10H,1-2,7H2,(H,19,20)/t10-/m0/s1. The van der Waals surface area contributed by atoms with Crippen molar-refractivity contribution < 1.29 is 14.7 Å². The summed E-state index contributed by atoms with van der Waals surface area (Å²) in [5, 5.41) is 9.88. The van der Waals surface area contributed by atoms with Crippen LogP contribution in [0.1, 0.15) is 22.5 Å². The first-order valence-corrected chi connectivity index (χ1v) is 7.38. The van der Waals surface area contributed by atoms with Crippen molar-refractivity contribution in [3.63, 3.8) is 0 Å². The van der Waals surface area contributed by atoms with Gasteiger partial charge in [-0.05, 0) is 25.0 Å². The summed E-state index contributed by atoms with van der Waals surface area (Å²) < 4.78 is 0. The number of aliphatic carboxylic acids is 1. The van der Waals surface area contributed by atoms with Crippen LogP contribution in [0, 0.1) is 0 Å². The highest BCUT2D eigenvalue weighted by atomic mass is 32.1. The molecule has 108 valence electrons. The number of hydrogen-bond donors (Lipinski definition) is 1. The average molecular weight is 303 g/mol. The molecular formula is C14H13N3O3S. The fourth-order valence-corrected chi connectivity index (χ4v) is 3.29. The lowest BCUT2D eigenvalue weighted by atomic mass is 10.2. The number of carbonyl (C=O) groups is 2. The number of carboxylic acids is 1. The molecule has 1 aliphatic rings. The molecule has 1 fully saturated rings. The van der Waals surface area contributed by atoms with Crippen LogP contribution in [0.25, 0.3) is 10.6 Å². The van der Waals surface area contributed by atoms with Crippen molar-refractivity contribution in [3.8, 4) is 10.6 Å². The monoisotopic (exact) mass is 303 g/mol. The molecule has 3 heterocycles. The van der Waals surface area contributed by atoms with Crippen LogP contribution in [0.15, 0.2) is 30.7 Å². The summed E-state index contributed by atoms with van der Waals surface area (Å²) in [5.74, 6) is -1.20. The Balaban J connectivity index is 1.83. The van der Waals surface area contributed by atoms with E-state index < -0.39 is 12.0 Å². The Morgan fingerprint density at radius 3 is 2.81 bits per heavy atom. The zero-order valence-corrected chi connectivity index (χ0v) is 11.9. The van der Waals surface area contributed by atoms with Crippen molar-refractivity contribution >= 4 is 23.2 Å². The summed E-state index contributed by atoms with van der Waals surface area (Å²) >= 11 is 1.27. The molecule has 0 aromatic carbocycles. The molecule has 3 rings (SSSR count). The van der Waals surface area contributed by atoms with Gasteiger partial charge in [-0.3, -0.25) is 9.78 Å². The van der Waals surface area contributed by atoms with Crippen LogP contribution in [0.2, 0.25) is 0 Å². The summed E-state index contributed by atoms with van der Waals surface area (Å²) in [7, 11) is 0. The van der Waals surface area contributed by atoms with Crippen LogP contribution in [-0.4, -0.2) is 44.4 Å². The lowest BCUT2D eigenvalue weighted by Crippen LogP contribution is -2.40. The third-order valence-electron chi connectivity index (χ3n) is 3.44. The van der Waals surface area contributed by atoms with Crippen LogP contribution in [0.5, 0.6) is 0 Å². The Hall–Kier alpha value is -2.28. The number of likely N-dealkylation sites (tertiary alicyclic amines) is 1. The van der Waals surface area contributed by atoms with Crippen LogP contribution in [0.3, 0.4) is 0 Å². The number of carboxylic acid groups (broad SMARTS) is 1. The van der Waals surface area contributed by atoms with E-state index in [0.29, 0.717) is 17.8 Å². The molecule has 7 heteroatoms.